The average molecular weight is 401 g/mol. The number of nitrogens with one attached hydrogen (secondary N) is 1. The number of carbonyl (C=O) groups is 2. The van der Waals surface area contributed by atoms with E-state index in [1.54, 1.807) is 37.6 Å². The average Bonchev–Trinajstić information content (AvgIpc) is 2.79. The molecule has 1 fully saturated rings. The molecule has 0 bridgehead atoms. The van der Waals surface area contributed by atoms with Crippen LogP contribution >= 0.6 is 0 Å². The number of nitrogens with zero attached hydrogens (tertiary/aromatic N) is 4. The molecular weight excluding hydrogens is 378 g/mol. The lowest BCUT2D eigenvalue weighted by molar-refractivity contribution is 0.0598. The fourth-order valence-corrected chi connectivity index (χ4v) is 3.69. The number of likely N-dealkylation sites (tertiary alicyclic amines) is 1. The van der Waals surface area contributed by atoms with Gasteiger partial charge in [-0.05, 0) is 50.5 Å². The maximum absolute atomic E-state index is 13.0. The highest BCUT2D eigenvalue weighted by Gasteiger charge is 2.31. The Balaban J connectivity index is 1.56. The van der Waals surface area contributed by atoms with Crippen molar-refractivity contribution in [1.29, 1.82) is 0 Å². The number of aryl methyl sites for hydroxylation is 1. The van der Waals surface area contributed by atoms with E-state index in [2.05, 4.69) is 20.3 Å². The van der Waals surface area contributed by atoms with Gasteiger partial charge in [0.05, 0.1) is 22.9 Å². The topological polar surface area (TPSA) is 88.1 Å². The van der Waals surface area contributed by atoms with Crippen LogP contribution in [-0.2, 0) is 0 Å². The Morgan fingerprint density at radius 2 is 1.90 bits per heavy atom. The van der Waals surface area contributed by atoms with Gasteiger partial charge in [-0.15, -0.1) is 0 Å². The molecule has 1 aromatic carbocycles. The summed E-state index contributed by atoms with van der Waals surface area (Å²) in [5, 5.41) is 2.86. The lowest BCUT2D eigenvalue weighted by atomic mass is 10.00. The first-order valence-electron chi connectivity index (χ1n) is 10.0. The summed E-state index contributed by atoms with van der Waals surface area (Å²) in [4.78, 5) is 40.6. The van der Waals surface area contributed by atoms with Crippen molar-refractivity contribution >= 4 is 17.5 Å². The van der Waals surface area contributed by atoms with E-state index in [-0.39, 0.29) is 17.9 Å². The summed E-state index contributed by atoms with van der Waals surface area (Å²) in [5.41, 5.74) is 2.28. The van der Waals surface area contributed by atoms with Crippen molar-refractivity contribution in [3.63, 3.8) is 0 Å². The standard InChI is InChI=1S/C23H23N5O2/c1-16-19(22(29)27-18-9-3-2-4-10-18)15-25-21(26-16)20-11-5-6-13-28(20)23(30)17-8-7-12-24-14-17/h2-4,7-10,12,14-15,20H,5-6,11,13H2,1H3,(H,27,29)/t20-/m1/s1. The first-order valence-corrected chi connectivity index (χ1v) is 10.0. The molecule has 3 heterocycles. The number of amides is 2. The Kier molecular flexibility index (Phi) is 5.79. The molecule has 30 heavy (non-hydrogen) atoms. The number of hydrogen-bond donors (Lipinski definition) is 1. The minimum absolute atomic E-state index is 0.0695. The Morgan fingerprint density at radius 3 is 2.63 bits per heavy atom. The van der Waals surface area contributed by atoms with Gasteiger partial charge in [-0.2, -0.15) is 0 Å². The van der Waals surface area contributed by atoms with Crippen LogP contribution in [0.1, 0.15) is 57.5 Å². The van der Waals surface area contributed by atoms with Gasteiger partial charge in [0, 0.05) is 30.8 Å². The van der Waals surface area contributed by atoms with Gasteiger partial charge in [0.25, 0.3) is 11.8 Å². The van der Waals surface area contributed by atoms with E-state index in [0.717, 1.165) is 19.3 Å². The third-order valence-electron chi connectivity index (χ3n) is 5.24. The highest BCUT2D eigenvalue weighted by atomic mass is 16.2. The van der Waals surface area contributed by atoms with Crippen LogP contribution in [0.2, 0.25) is 0 Å². The molecular formula is C23H23N5O2. The van der Waals surface area contributed by atoms with Crippen molar-refractivity contribution in [3.05, 3.63) is 83.7 Å². The lowest BCUT2D eigenvalue weighted by Crippen LogP contribution is -2.39. The van der Waals surface area contributed by atoms with Crippen molar-refractivity contribution in [2.24, 2.45) is 0 Å². The number of piperidine rings is 1. The Morgan fingerprint density at radius 1 is 1.07 bits per heavy atom. The van der Waals surface area contributed by atoms with Crippen LogP contribution in [0.15, 0.2) is 61.1 Å². The molecule has 0 spiro atoms. The Hall–Kier alpha value is -3.61. The van der Waals surface area contributed by atoms with Crippen LogP contribution in [0.25, 0.3) is 0 Å². The van der Waals surface area contributed by atoms with Gasteiger partial charge in [0.15, 0.2) is 5.82 Å². The summed E-state index contributed by atoms with van der Waals surface area (Å²) in [7, 11) is 0. The Bertz CT molecular complexity index is 1040. The van der Waals surface area contributed by atoms with E-state index < -0.39 is 0 Å². The highest BCUT2D eigenvalue weighted by molar-refractivity contribution is 6.04. The van der Waals surface area contributed by atoms with E-state index in [1.165, 1.54) is 0 Å². The zero-order valence-corrected chi connectivity index (χ0v) is 16.8. The fraction of sp³-hybridized carbons (Fsp3) is 0.261. The van der Waals surface area contributed by atoms with Crippen molar-refractivity contribution in [2.75, 3.05) is 11.9 Å². The van der Waals surface area contributed by atoms with Gasteiger partial charge >= 0.3 is 0 Å². The van der Waals surface area contributed by atoms with E-state index in [0.29, 0.717) is 34.9 Å². The van der Waals surface area contributed by atoms with Crippen LogP contribution < -0.4 is 5.32 Å². The zero-order chi connectivity index (χ0) is 20.9. The number of benzene rings is 1. The summed E-state index contributed by atoms with van der Waals surface area (Å²) in [6, 6.07) is 12.6. The second kappa shape index (κ2) is 8.82. The number of rotatable bonds is 4. The lowest BCUT2D eigenvalue weighted by Gasteiger charge is -2.34. The molecule has 2 aromatic heterocycles. The predicted octanol–water partition coefficient (Wildman–Crippen LogP) is 3.80. The molecule has 4 rings (SSSR count). The number of carbonyl (C=O) groups excluding carboxylic acids is 2. The van der Waals surface area contributed by atoms with Crippen molar-refractivity contribution in [2.45, 2.75) is 32.2 Å². The monoisotopic (exact) mass is 401 g/mol. The highest BCUT2D eigenvalue weighted by Crippen LogP contribution is 2.30. The van der Waals surface area contributed by atoms with Gasteiger partial charge < -0.3 is 10.2 Å². The molecule has 1 atom stereocenters. The van der Waals surface area contributed by atoms with Gasteiger partial charge in [-0.25, -0.2) is 9.97 Å². The van der Waals surface area contributed by atoms with Gasteiger partial charge in [-0.1, -0.05) is 18.2 Å². The molecule has 7 nitrogen and oxygen atoms in total. The molecule has 0 aliphatic carbocycles. The largest absolute Gasteiger partial charge is 0.328 e. The number of anilines is 1. The third kappa shape index (κ3) is 4.20. The molecule has 7 heteroatoms. The maximum atomic E-state index is 13.0. The fourth-order valence-electron chi connectivity index (χ4n) is 3.69. The number of pyridine rings is 1. The first kappa shape index (κ1) is 19.7. The summed E-state index contributed by atoms with van der Waals surface area (Å²) in [6.07, 6.45) is 7.52. The molecule has 152 valence electrons. The van der Waals surface area contributed by atoms with Gasteiger partial charge in [0.2, 0.25) is 0 Å². The summed E-state index contributed by atoms with van der Waals surface area (Å²) >= 11 is 0. The van der Waals surface area contributed by atoms with Gasteiger partial charge in [0.1, 0.15) is 0 Å². The van der Waals surface area contributed by atoms with Crippen LogP contribution in [0, 0.1) is 6.92 Å². The maximum Gasteiger partial charge on any atom is 0.259 e. The first-order chi connectivity index (χ1) is 14.6. The second-order valence-corrected chi connectivity index (χ2v) is 7.30. The van der Waals surface area contributed by atoms with Crippen LogP contribution in [0.3, 0.4) is 0 Å². The molecule has 1 aliphatic heterocycles. The molecule has 0 saturated carbocycles. The molecule has 1 saturated heterocycles. The van der Waals surface area contributed by atoms with E-state index >= 15 is 0 Å². The summed E-state index contributed by atoms with van der Waals surface area (Å²) in [6.45, 7) is 2.44. The SMILES string of the molecule is Cc1nc([C@H]2CCCCN2C(=O)c2cccnc2)ncc1C(=O)Nc1ccccc1. The van der Waals surface area contributed by atoms with Crippen LogP contribution in [-0.4, -0.2) is 38.2 Å². The van der Waals surface area contributed by atoms with E-state index in [4.69, 9.17) is 0 Å². The number of para-hydroxylation sites is 1. The zero-order valence-electron chi connectivity index (χ0n) is 16.8. The third-order valence-corrected chi connectivity index (χ3v) is 5.24. The quantitative estimate of drug-likeness (QED) is 0.718. The molecule has 3 aromatic rings. The summed E-state index contributed by atoms with van der Waals surface area (Å²) < 4.78 is 0. The van der Waals surface area contributed by atoms with Crippen molar-refractivity contribution in [1.82, 2.24) is 19.9 Å². The van der Waals surface area contributed by atoms with Crippen molar-refractivity contribution in [3.8, 4) is 0 Å². The van der Waals surface area contributed by atoms with Crippen LogP contribution in [0.5, 0.6) is 0 Å². The molecule has 0 radical (unpaired) electrons. The predicted molar refractivity (Wildman–Crippen MR) is 113 cm³/mol. The molecule has 0 unspecified atom stereocenters. The smallest absolute Gasteiger partial charge is 0.259 e. The van der Waals surface area contributed by atoms with Crippen molar-refractivity contribution < 1.29 is 9.59 Å². The minimum Gasteiger partial charge on any atom is -0.328 e. The normalized spacial score (nSPS) is 16.2. The molecule has 1 N–H and O–H groups in total. The number of hydrogen-bond acceptors (Lipinski definition) is 5. The van der Waals surface area contributed by atoms with Gasteiger partial charge in [-0.3, -0.25) is 14.6 Å². The van der Waals surface area contributed by atoms with Crippen LogP contribution in [0.4, 0.5) is 5.69 Å². The van der Waals surface area contributed by atoms with E-state index in [1.807, 2.05) is 35.2 Å². The summed E-state index contributed by atoms with van der Waals surface area (Å²) in [5.74, 6) is 0.248. The van der Waals surface area contributed by atoms with E-state index in [9.17, 15) is 9.59 Å². The second-order valence-electron chi connectivity index (χ2n) is 7.30. The molecule has 2 amide bonds. The molecule has 1 aliphatic rings. The Labute approximate surface area is 175 Å². The number of aromatic nitrogens is 3. The minimum atomic E-state index is -0.253.